The molecule has 6 heteroatoms. The van der Waals surface area contributed by atoms with Crippen LogP contribution in [-0.4, -0.2) is 34.5 Å². The third kappa shape index (κ3) is 4.39. The monoisotopic (exact) mass is 263 g/mol. The summed E-state index contributed by atoms with van der Waals surface area (Å²) in [6.45, 7) is 4.75. The maximum absolute atomic E-state index is 11.8. The minimum Gasteiger partial charge on any atom is -0.358 e. The van der Waals surface area contributed by atoms with Crippen molar-refractivity contribution >= 4 is 17.7 Å². The third-order valence-electron chi connectivity index (χ3n) is 2.87. The molecule has 1 aromatic rings. The summed E-state index contributed by atoms with van der Waals surface area (Å²) >= 11 is 0. The van der Waals surface area contributed by atoms with Gasteiger partial charge in [-0.1, -0.05) is 6.92 Å². The van der Waals surface area contributed by atoms with Gasteiger partial charge in [-0.05, 0) is 32.3 Å². The highest BCUT2D eigenvalue weighted by Crippen LogP contribution is 2.18. The second kappa shape index (κ2) is 6.36. The van der Waals surface area contributed by atoms with Gasteiger partial charge in [0.1, 0.15) is 11.9 Å². The Labute approximate surface area is 113 Å². The summed E-state index contributed by atoms with van der Waals surface area (Å²) in [5.74, 6) is 1.26. The summed E-state index contributed by atoms with van der Waals surface area (Å²) in [6.07, 6.45) is 4.88. The molecule has 0 bridgehead atoms. The zero-order valence-corrected chi connectivity index (χ0v) is 11.4. The fourth-order valence-corrected chi connectivity index (χ4v) is 1.60. The van der Waals surface area contributed by atoms with Crippen LogP contribution in [0.3, 0.4) is 0 Å². The number of carbonyl (C=O) groups is 1. The van der Waals surface area contributed by atoms with Crippen molar-refractivity contribution in [2.45, 2.75) is 45.2 Å². The van der Waals surface area contributed by atoms with Crippen molar-refractivity contribution < 1.29 is 4.79 Å². The maximum atomic E-state index is 11.8. The van der Waals surface area contributed by atoms with E-state index < -0.39 is 0 Å². The maximum Gasteiger partial charge on any atom is 0.242 e. The van der Waals surface area contributed by atoms with Gasteiger partial charge < -0.3 is 16.0 Å². The van der Waals surface area contributed by atoms with Gasteiger partial charge in [0.05, 0.1) is 0 Å². The molecule has 1 atom stereocenters. The van der Waals surface area contributed by atoms with Gasteiger partial charge >= 0.3 is 0 Å². The van der Waals surface area contributed by atoms with Crippen molar-refractivity contribution in [2.24, 2.45) is 0 Å². The molecular weight excluding hydrogens is 242 g/mol. The van der Waals surface area contributed by atoms with Gasteiger partial charge in [-0.15, -0.1) is 0 Å². The molecule has 0 radical (unpaired) electrons. The summed E-state index contributed by atoms with van der Waals surface area (Å²) in [5, 5.41) is 9.17. The molecule has 3 N–H and O–H groups in total. The lowest BCUT2D eigenvalue weighted by atomic mass is 10.3. The quantitative estimate of drug-likeness (QED) is 0.692. The molecule has 1 unspecified atom stereocenters. The number of hydrogen-bond acceptors (Lipinski definition) is 5. The van der Waals surface area contributed by atoms with Gasteiger partial charge in [-0.2, -0.15) is 4.98 Å². The number of carbonyl (C=O) groups excluding carboxylic acids is 1. The average molecular weight is 263 g/mol. The van der Waals surface area contributed by atoms with E-state index in [1.165, 1.54) is 0 Å². The van der Waals surface area contributed by atoms with Crippen LogP contribution < -0.4 is 16.0 Å². The number of amides is 1. The van der Waals surface area contributed by atoms with E-state index in [1.54, 1.807) is 12.3 Å². The number of nitrogens with one attached hydrogen (secondary N) is 3. The molecule has 0 aliphatic heterocycles. The highest BCUT2D eigenvalue weighted by atomic mass is 16.2. The van der Waals surface area contributed by atoms with Crippen molar-refractivity contribution in [3.63, 3.8) is 0 Å². The Hall–Kier alpha value is -1.85. The normalized spacial score (nSPS) is 15.7. The highest BCUT2D eigenvalue weighted by Gasteiger charge is 2.25. The molecule has 1 fully saturated rings. The summed E-state index contributed by atoms with van der Waals surface area (Å²) < 4.78 is 0. The van der Waals surface area contributed by atoms with Crippen LogP contribution in [-0.2, 0) is 4.79 Å². The van der Waals surface area contributed by atoms with Gasteiger partial charge in [0.15, 0.2) is 0 Å². The largest absolute Gasteiger partial charge is 0.358 e. The lowest BCUT2D eigenvalue weighted by Crippen LogP contribution is -2.38. The van der Waals surface area contributed by atoms with E-state index in [1.807, 2.05) is 6.92 Å². The van der Waals surface area contributed by atoms with E-state index in [2.05, 4.69) is 32.8 Å². The van der Waals surface area contributed by atoms with Crippen LogP contribution in [0, 0.1) is 0 Å². The van der Waals surface area contributed by atoms with Crippen molar-refractivity contribution in [1.29, 1.82) is 0 Å². The molecule has 1 aliphatic carbocycles. The predicted molar refractivity (Wildman–Crippen MR) is 75.1 cm³/mol. The first-order chi connectivity index (χ1) is 9.19. The lowest BCUT2D eigenvalue weighted by molar-refractivity contribution is -0.121. The second-order valence-electron chi connectivity index (χ2n) is 4.84. The number of anilines is 2. The summed E-state index contributed by atoms with van der Waals surface area (Å²) in [5.41, 5.74) is 0. The van der Waals surface area contributed by atoms with Crippen molar-refractivity contribution in [3.05, 3.63) is 12.3 Å². The van der Waals surface area contributed by atoms with Crippen LogP contribution in [0.25, 0.3) is 0 Å². The number of nitrogens with zero attached hydrogens (tertiary/aromatic N) is 2. The van der Waals surface area contributed by atoms with Gasteiger partial charge in [-0.3, -0.25) is 4.79 Å². The summed E-state index contributed by atoms with van der Waals surface area (Å²) in [4.78, 5) is 20.3. The van der Waals surface area contributed by atoms with Crippen LogP contribution in [0.4, 0.5) is 11.8 Å². The van der Waals surface area contributed by atoms with E-state index in [0.29, 0.717) is 17.8 Å². The SMILES string of the molecule is CCCNc1nccc(NC(C)C(=O)NC2CC2)n1. The molecule has 1 saturated carbocycles. The van der Waals surface area contributed by atoms with Crippen molar-refractivity contribution in [2.75, 3.05) is 17.2 Å². The highest BCUT2D eigenvalue weighted by molar-refractivity contribution is 5.84. The zero-order chi connectivity index (χ0) is 13.7. The first-order valence-electron chi connectivity index (χ1n) is 6.83. The topological polar surface area (TPSA) is 78.9 Å². The fourth-order valence-electron chi connectivity index (χ4n) is 1.60. The number of aromatic nitrogens is 2. The number of rotatable bonds is 7. The standard InChI is InChI=1S/C13H21N5O/c1-3-7-14-13-15-8-6-11(18-13)16-9(2)12(19)17-10-4-5-10/h6,8-10H,3-5,7H2,1-2H3,(H,17,19)(H2,14,15,16,18). The first kappa shape index (κ1) is 13.6. The molecule has 0 spiro atoms. The lowest BCUT2D eigenvalue weighted by Gasteiger charge is -2.14. The van der Waals surface area contributed by atoms with E-state index in [0.717, 1.165) is 25.8 Å². The summed E-state index contributed by atoms with van der Waals surface area (Å²) in [7, 11) is 0. The summed E-state index contributed by atoms with van der Waals surface area (Å²) in [6, 6.07) is 1.84. The minimum atomic E-state index is -0.297. The Morgan fingerprint density at radius 1 is 1.53 bits per heavy atom. The molecule has 1 amide bonds. The molecule has 104 valence electrons. The smallest absolute Gasteiger partial charge is 0.242 e. The average Bonchev–Trinajstić information content (AvgIpc) is 3.20. The molecule has 1 aromatic heterocycles. The Balaban J connectivity index is 1.87. The van der Waals surface area contributed by atoms with E-state index in [9.17, 15) is 4.79 Å². The molecular formula is C13H21N5O. The fraction of sp³-hybridized carbons (Fsp3) is 0.615. The number of hydrogen-bond donors (Lipinski definition) is 3. The molecule has 1 heterocycles. The Kier molecular flexibility index (Phi) is 4.54. The Morgan fingerprint density at radius 3 is 3.00 bits per heavy atom. The van der Waals surface area contributed by atoms with Crippen LogP contribution >= 0.6 is 0 Å². The third-order valence-corrected chi connectivity index (χ3v) is 2.87. The minimum absolute atomic E-state index is 0.0178. The van der Waals surface area contributed by atoms with Gasteiger partial charge in [0.2, 0.25) is 11.9 Å². The van der Waals surface area contributed by atoms with Crippen LogP contribution in [0.15, 0.2) is 12.3 Å². The van der Waals surface area contributed by atoms with Crippen LogP contribution in [0.1, 0.15) is 33.1 Å². The van der Waals surface area contributed by atoms with Gasteiger partial charge in [0.25, 0.3) is 0 Å². The van der Waals surface area contributed by atoms with E-state index in [-0.39, 0.29) is 11.9 Å². The first-order valence-corrected chi connectivity index (χ1v) is 6.83. The van der Waals surface area contributed by atoms with Crippen LogP contribution in [0.5, 0.6) is 0 Å². The van der Waals surface area contributed by atoms with E-state index >= 15 is 0 Å². The molecule has 19 heavy (non-hydrogen) atoms. The van der Waals surface area contributed by atoms with Crippen molar-refractivity contribution in [1.82, 2.24) is 15.3 Å². The Morgan fingerprint density at radius 2 is 2.32 bits per heavy atom. The zero-order valence-electron chi connectivity index (χ0n) is 11.4. The van der Waals surface area contributed by atoms with Gasteiger partial charge in [0, 0.05) is 18.8 Å². The second-order valence-corrected chi connectivity index (χ2v) is 4.84. The van der Waals surface area contributed by atoms with Crippen molar-refractivity contribution in [3.8, 4) is 0 Å². The van der Waals surface area contributed by atoms with Gasteiger partial charge in [-0.25, -0.2) is 4.98 Å². The van der Waals surface area contributed by atoms with Crippen LogP contribution in [0.2, 0.25) is 0 Å². The molecule has 2 rings (SSSR count). The molecule has 6 nitrogen and oxygen atoms in total. The molecule has 0 saturated heterocycles. The Bertz CT molecular complexity index is 433. The molecule has 1 aliphatic rings. The predicted octanol–water partition coefficient (Wildman–Crippen LogP) is 1.38. The van der Waals surface area contributed by atoms with E-state index in [4.69, 9.17) is 0 Å². The molecule has 0 aromatic carbocycles.